The number of para-hydroxylation sites is 1. The second-order valence-electron chi connectivity index (χ2n) is 5.02. The van der Waals surface area contributed by atoms with Gasteiger partial charge in [-0.05, 0) is 43.2 Å². The molecule has 21 heavy (non-hydrogen) atoms. The summed E-state index contributed by atoms with van der Waals surface area (Å²) in [5.41, 5.74) is 3.45. The number of benzene rings is 2. The van der Waals surface area contributed by atoms with Crippen LogP contribution < -0.4 is 10.1 Å². The van der Waals surface area contributed by atoms with Gasteiger partial charge in [0.1, 0.15) is 18.5 Å². The molecule has 2 N–H and O–H groups in total. The number of halogens is 1. The largest absolute Gasteiger partial charge is 0.489 e. The Morgan fingerprint density at radius 2 is 1.90 bits per heavy atom. The minimum Gasteiger partial charge on any atom is -0.489 e. The molecule has 0 amide bonds. The molecule has 1 unspecified atom stereocenters. The van der Waals surface area contributed by atoms with E-state index in [0.29, 0.717) is 17.3 Å². The molecule has 0 fully saturated rings. The van der Waals surface area contributed by atoms with Crippen LogP contribution in [0.1, 0.15) is 11.1 Å². The Kier molecular flexibility index (Phi) is 5.48. The predicted octanol–water partition coefficient (Wildman–Crippen LogP) is 3.81. The van der Waals surface area contributed by atoms with Crippen molar-refractivity contribution < 1.29 is 9.84 Å². The van der Waals surface area contributed by atoms with Crippen LogP contribution in [-0.4, -0.2) is 24.4 Å². The first kappa shape index (κ1) is 15.7. The van der Waals surface area contributed by atoms with Gasteiger partial charge < -0.3 is 15.2 Å². The van der Waals surface area contributed by atoms with Gasteiger partial charge in [-0.3, -0.25) is 0 Å². The van der Waals surface area contributed by atoms with Gasteiger partial charge >= 0.3 is 0 Å². The monoisotopic (exact) mass is 305 g/mol. The van der Waals surface area contributed by atoms with Crippen LogP contribution in [0.25, 0.3) is 0 Å². The van der Waals surface area contributed by atoms with Crippen molar-refractivity contribution in [2.75, 3.05) is 18.5 Å². The van der Waals surface area contributed by atoms with Crippen LogP contribution >= 0.6 is 11.6 Å². The van der Waals surface area contributed by atoms with Gasteiger partial charge in [-0.1, -0.05) is 35.9 Å². The first-order valence-corrected chi connectivity index (χ1v) is 7.31. The number of nitrogens with one attached hydrogen (secondary N) is 1. The van der Waals surface area contributed by atoms with Crippen molar-refractivity contribution >= 4 is 17.3 Å². The first-order valence-electron chi connectivity index (χ1n) is 6.93. The number of aliphatic hydroxyl groups excluding tert-OH is 1. The van der Waals surface area contributed by atoms with Crippen LogP contribution in [0.5, 0.6) is 5.75 Å². The fourth-order valence-corrected chi connectivity index (χ4v) is 2.17. The highest BCUT2D eigenvalue weighted by atomic mass is 35.5. The van der Waals surface area contributed by atoms with E-state index in [0.717, 1.165) is 5.69 Å². The van der Waals surface area contributed by atoms with E-state index >= 15 is 0 Å². The highest BCUT2D eigenvalue weighted by Crippen LogP contribution is 2.23. The van der Waals surface area contributed by atoms with Crippen molar-refractivity contribution in [1.82, 2.24) is 0 Å². The zero-order chi connectivity index (χ0) is 15.2. The molecule has 0 aliphatic carbocycles. The van der Waals surface area contributed by atoms with E-state index in [1.807, 2.05) is 24.3 Å². The summed E-state index contributed by atoms with van der Waals surface area (Å²) >= 11 is 6.00. The number of hydrogen-bond donors (Lipinski definition) is 2. The molecule has 4 heteroatoms. The van der Waals surface area contributed by atoms with E-state index in [4.69, 9.17) is 16.3 Å². The summed E-state index contributed by atoms with van der Waals surface area (Å²) in [6.45, 7) is 4.75. The molecule has 0 saturated carbocycles. The molecular formula is C17H20ClNO2. The van der Waals surface area contributed by atoms with Crippen LogP contribution in [0, 0.1) is 13.8 Å². The fourth-order valence-electron chi connectivity index (χ4n) is 1.98. The third-order valence-electron chi connectivity index (χ3n) is 3.40. The van der Waals surface area contributed by atoms with Gasteiger partial charge in [0.15, 0.2) is 0 Å². The third kappa shape index (κ3) is 4.38. The number of ether oxygens (including phenoxy) is 1. The summed E-state index contributed by atoms with van der Waals surface area (Å²) in [6, 6.07) is 13.3. The molecule has 1 atom stereocenters. The summed E-state index contributed by atoms with van der Waals surface area (Å²) in [4.78, 5) is 0. The number of hydrogen-bond acceptors (Lipinski definition) is 3. The minimum absolute atomic E-state index is 0.196. The zero-order valence-electron chi connectivity index (χ0n) is 12.3. The Balaban J connectivity index is 1.84. The van der Waals surface area contributed by atoms with Crippen LogP contribution in [0.15, 0.2) is 42.5 Å². The van der Waals surface area contributed by atoms with E-state index in [1.165, 1.54) is 11.1 Å². The van der Waals surface area contributed by atoms with Crippen molar-refractivity contribution in [2.24, 2.45) is 0 Å². The van der Waals surface area contributed by atoms with Gasteiger partial charge in [0.25, 0.3) is 0 Å². The SMILES string of the molecule is Cc1cccc(NCC(O)COc2ccccc2Cl)c1C. The Hall–Kier alpha value is -1.71. The van der Waals surface area contributed by atoms with Crippen LogP contribution in [-0.2, 0) is 0 Å². The van der Waals surface area contributed by atoms with E-state index < -0.39 is 6.10 Å². The molecule has 2 aromatic rings. The maximum Gasteiger partial charge on any atom is 0.138 e. The molecular weight excluding hydrogens is 286 g/mol. The fraction of sp³-hybridized carbons (Fsp3) is 0.294. The van der Waals surface area contributed by atoms with E-state index in [1.54, 1.807) is 12.1 Å². The van der Waals surface area contributed by atoms with Gasteiger partial charge in [0.05, 0.1) is 5.02 Å². The molecule has 0 bridgehead atoms. The number of anilines is 1. The Labute approximate surface area is 130 Å². The first-order chi connectivity index (χ1) is 10.1. The Morgan fingerprint density at radius 1 is 1.14 bits per heavy atom. The van der Waals surface area contributed by atoms with E-state index in [9.17, 15) is 5.11 Å². The number of aryl methyl sites for hydroxylation is 1. The van der Waals surface area contributed by atoms with E-state index in [2.05, 4.69) is 25.2 Å². The normalized spacial score (nSPS) is 12.0. The van der Waals surface area contributed by atoms with E-state index in [-0.39, 0.29) is 6.61 Å². The van der Waals surface area contributed by atoms with Crippen molar-refractivity contribution in [3.63, 3.8) is 0 Å². The third-order valence-corrected chi connectivity index (χ3v) is 3.71. The number of rotatable bonds is 6. The second kappa shape index (κ2) is 7.34. The second-order valence-corrected chi connectivity index (χ2v) is 5.43. The molecule has 0 saturated heterocycles. The summed E-state index contributed by atoms with van der Waals surface area (Å²) in [6.07, 6.45) is -0.610. The number of aliphatic hydroxyl groups is 1. The average Bonchev–Trinajstić information content (AvgIpc) is 2.48. The maximum absolute atomic E-state index is 9.99. The molecule has 112 valence electrons. The summed E-state index contributed by atoms with van der Waals surface area (Å²) < 4.78 is 5.52. The molecule has 0 heterocycles. The molecule has 3 nitrogen and oxygen atoms in total. The van der Waals surface area contributed by atoms with Gasteiger partial charge in [0.2, 0.25) is 0 Å². The Morgan fingerprint density at radius 3 is 2.67 bits per heavy atom. The zero-order valence-corrected chi connectivity index (χ0v) is 13.0. The van der Waals surface area contributed by atoms with Crippen LogP contribution in [0.4, 0.5) is 5.69 Å². The summed E-state index contributed by atoms with van der Waals surface area (Å²) in [5, 5.41) is 13.8. The smallest absolute Gasteiger partial charge is 0.138 e. The quantitative estimate of drug-likeness (QED) is 0.853. The highest BCUT2D eigenvalue weighted by molar-refractivity contribution is 6.32. The summed E-state index contributed by atoms with van der Waals surface area (Å²) in [5.74, 6) is 0.588. The maximum atomic E-state index is 9.99. The van der Waals surface area contributed by atoms with Gasteiger partial charge in [-0.25, -0.2) is 0 Å². The van der Waals surface area contributed by atoms with Gasteiger partial charge in [0, 0.05) is 12.2 Å². The van der Waals surface area contributed by atoms with Gasteiger partial charge in [-0.2, -0.15) is 0 Å². The molecule has 0 aliphatic rings. The Bertz CT molecular complexity index is 601. The van der Waals surface area contributed by atoms with Crippen molar-refractivity contribution in [2.45, 2.75) is 20.0 Å². The van der Waals surface area contributed by atoms with Gasteiger partial charge in [-0.15, -0.1) is 0 Å². The molecule has 2 aromatic carbocycles. The van der Waals surface area contributed by atoms with Crippen molar-refractivity contribution in [3.05, 3.63) is 58.6 Å². The molecule has 2 rings (SSSR count). The lowest BCUT2D eigenvalue weighted by Crippen LogP contribution is -2.26. The average molecular weight is 306 g/mol. The standard InChI is InChI=1S/C17H20ClNO2/c1-12-6-5-8-16(13(12)2)19-10-14(20)11-21-17-9-4-3-7-15(17)18/h3-9,14,19-20H,10-11H2,1-2H3. The lowest BCUT2D eigenvalue weighted by molar-refractivity contribution is 0.117. The highest BCUT2D eigenvalue weighted by Gasteiger charge is 2.08. The summed E-state index contributed by atoms with van der Waals surface area (Å²) in [7, 11) is 0. The molecule has 0 aliphatic heterocycles. The molecule has 0 radical (unpaired) electrons. The van der Waals surface area contributed by atoms with Crippen molar-refractivity contribution in [1.29, 1.82) is 0 Å². The molecule has 0 aromatic heterocycles. The minimum atomic E-state index is -0.610. The molecule has 0 spiro atoms. The topological polar surface area (TPSA) is 41.5 Å². The van der Waals surface area contributed by atoms with Crippen LogP contribution in [0.2, 0.25) is 5.02 Å². The van der Waals surface area contributed by atoms with Crippen LogP contribution in [0.3, 0.4) is 0 Å². The van der Waals surface area contributed by atoms with Crippen molar-refractivity contribution in [3.8, 4) is 5.75 Å². The lowest BCUT2D eigenvalue weighted by Gasteiger charge is -2.16. The predicted molar refractivity (Wildman–Crippen MR) is 87.4 cm³/mol. The lowest BCUT2D eigenvalue weighted by atomic mass is 10.1.